The lowest BCUT2D eigenvalue weighted by atomic mass is 9.98. The number of amides is 1. The zero-order valence-corrected chi connectivity index (χ0v) is 11.1. The number of ether oxygens (including phenoxy) is 1. The van der Waals surface area contributed by atoms with Crippen molar-refractivity contribution in [3.8, 4) is 0 Å². The van der Waals surface area contributed by atoms with E-state index in [4.69, 9.17) is 10.5 Å². The molecule has 4 nitrogen and oxygen atoms in total. The minimum atomic E-state index is -0.492. The summed E-state index contributed by atoms with van der Waals surface area (Å²) in [7, 11) is 0. The van der Waals surface area contributed by atoms with E-state index < -0.39 is 11.8 Å². The van der Waals surface area contributed by atoms with Gasteiger partial charge in [-0.3, -0.25) is 4.90 Å². The molecule has 98 valence electrons. The molecule has 1 aliphatic rings. The lowest BCUT2D eigenvalue weighted by Gasteiger charge is -2.35. The second-order valence-electron chi connectivity index (χ2n) is 5.57. The molecule has 4 heteroatoms. The Morgan fingerprint density at radius 2 is 2.06 bits per heavy atom. The van der Waals surface area contributed by atoms with Gasteiger partial charge in [0, 0.05) is 6.54 Å². The molecule has 1 aromatic carbocycles. The first-order chi connectivity index (χ1) is 8.38. The van der Waals surface area contributed by atoms with Crippen molar-refractivity contribution in [2.24, 2.45) is 5.73 Å². The zero-order valence-electron chi connectivity index (χ0n) is 11.1. The van der Waals surface area contributed by atoms with Crippen LogP contribution in [0.2, 0.25) is 0 Å². The molecule has 0 fully saturated rings. The van der Waals surface area contributed by atoms with E-state index in [1.165, 1.54) is 5.56 Å². The highest BCUT2D eigenvalue weighted by atomic mass is 16.6. The first-order valence-corrected chi connectivity index (χ1v) is 6.21. The first kappa shape index (κ1) is 12.9. The molecular weight excluding hydrogens is 228 g/mol. The third-order valence-corrected chi connectivity index (χ3v) is 2.96. The van der Waals surface area contributed by atoms with E-state index in [0.29, 0.717) is 6.54 Å². The Kier molecular flexibility index (Phi) is 3.30. The Balaban J connectivity index is 2.17. The van der Waals surface area contributed by atoms with Gasteiger partial charge >= 0.3 is 6.09 Å². The molecule has 0 saturated heterocycles. The van der Waals surface area contributed by atoms with E-state index in [2.05, 4.69) is 6.07 Å². The Morgan fingerprint density at radius 3 is 2.72 bits per heavy atom. The van der Waals surface area contributed by atoms with Gasteiger partial charge in [0.25, 0.3) is 0 Å². The molecule has 0 aromatic heterocycles. The fourth-order valence-electron chi connectivity index (χ4n) is 2.12. The molecule has 2 N–H and O–H groups in total. The predicted octanol–water partition coefficient (Wildman–Crippen LogP) is 2.44. The maximum absolute atomic E-state index is 12.1. The molecule has 1 aromatic rings. The van der Waals surface area contributed by atoms with Crippen molar-refractivity contribution in [2.75, 3.05) is 6.54 Å². The molecule has 0 saturated carbocycles. The van der Waals surface area contributed by atoms with Crippen LogP contribution in [-0.2, 0) is 11.2 Å². The third kappa shape index (κ3) is 2.64. The Labute approximate surface area is 108 Å². The molecule has 1 unspecified atom stereocenters. The number of fused-ring (bicyclic) bond motifs is 1. The quantitative estimate of drug-likeness (QED) is 0.767. The monoisotopic (exact) mass is 248 g/mol. The Bertz CT molecular complexity index is 451. The number of hydrogen-bond acceptors (Lipinski definition) is 3. The highest BCUT2D eigenvalue weighted by Crippen LogP contribution is 2.27. The molecule has 1 aliphatic heterocycles. The largest absolute Gasteiger partial charge is 0.444 e. The highest BCUT2D eigenvalue weighted by molar-refractivity contribution is 5.69. The van der Waals surface area contributed by atoms with Gasteiger partial charge in [0.05, 0.1) is 0 Å². The van der Waals surface area contributed by atoms with Gasteiger partial charge in [0.2, 0.25) is 0 Å². The number of benzene rings is 1. The smallest absolute Gasteiger partial charge is 0.411 e. The highest BCUT2D eigenvalue weighted by Gasteiger charge is 2.30. The number of carbonyl (C=O) groups is 1. The number of hydrogen-bond donors (Lipinski definition) is 1. The van der Waals surface area contributed by atoms with E-state index in [0.717, 1.165) is 12.0 Å². The van der Waals surface area contributed by atoms with Crippen molar-refractivity contribution in [2.45, 2.75) is 39.0 Å². The standard InChI is InChI=1S/C14H20N2O2/c1-14(2,3)18-13(17)16-9-8-10-6-4-5-7-11(10)12(16)15/h4-7,12H,8-9,15H2,1-3H3. The molecule has 1 heterocycles. The average Bonchev–Trinajstić information content (AvgIpc) is 2.27. The summed E-state index contributed by atoms with van der Waals surface area (Å²) in [4.78, 5) is 13.6. The molecule has 18 heavy (non-hydrogen) atoms. The van der Waals surface area contributed by atoms with Crippen molar-refractivity contribution < 1.29 is 9.53 Å². The summed E-state index contributed by atoms with van der Waals surface area (Å²) in [6.45, 7) is 6.17. The number of nitrogens with zero attached hydrogens (tertiary/aromatic N) is 1. The summed E-state index contributed by atoms with van der Waals surface area (Å²) in [5.74, 6) is 0. The molecule has 0 radical (unpaired) electrons. The van der Waals surface area contributed by atoms with Crippen LogP contribution in [0.5, 0.6) is 0 Å². The molecule has 1 amide bonds. The fourth-order valence-corrected chi connectivity index (χ4v) is 2.12. The van der Waals surface area contributed by atoms with Crippen molar-refractivity contribution in [3.63, 3.8) is 0 Å². The van der Waals surface area contributed by atoms with Crippen LogP contribution in [0.25, 0.3) is 0 Å². The van der Waals surface area contributed by atoms with Crippen LogP contribution in [0.15, 0.2) is 24.3 Å². The van der Waals surface area contributed by atoms with E-state index in [-0.39, 0.29) is 6.09 Å². The average molecular weight is 248 g/mol. The summed E-state index contributed by atoms with van der Waals surface area (Å²) in [5.41, 5.74) is 7.86. The normalized spacial score (nSPS) is 19.3. The van der Waals surface area contributed by atoms with Crippen molar-refractivity contribution in [3.05, 3.63) is 35.4 Å². The summed E-state index contributed by atoms with van der Waals surface area (Å²) >= 11 is 0. The van der Waals surface area contributed by atoms with Crippen molar-refractivity contribution >= 4 is 6.09 Å². The molecule has 2 rings (SSSR count). The van der Waals surface area contributed by atoms with Gasteiger partial charge in [-0.15, -0.1) is 0 Å². The second kappa shape index (κ2) is 4.61. The summed E-state index contributed by atoms with van der Waals surface area (Å²) in [6, 6.07) is 7.96. The van der Waals surface area contributed by atoms with E-state index in [1.807, 2.05) is 39.0 Å². The fraction of sp³-hybridized carbons (Fsp3) is 0.500. The first-order valence-electron chi connectivity index (χ1n) is 6.21. The van der Waals surface area contributed by atoms with Gasteiger partial charge in [-0.2, -0.15) is 0 Å². The van der Waals surface area contributed by atoms with Crippen molar-refractivity contribution in [1.82, 2.24) is 4.90 Å². The third-order valence-electron chi connectivity index (χ3n) is 2.96. The maximum atomic E-state index is 12.1. The van der Waals surface area contributed by atoms with Crippen molar-refractivity contribution in [1.29, 1.82) is 0 Å². The minimum absolute atomic E-state index is 0.343. The van der Waals surface area contributed by atoms with Crippen LogP contribution in [0, 0.1) is 0 Å². The van der Waals surface area contributed by atoms with E-state index >= 15 is 0 Å². The summed E-state index contributed by atoms with van der Waals surface area (Å²) in [6.07, 6.45) is 0.0673. The van der Waals surface area contributed by atoms with Crippen LogP contribution in [-0.4, -0.2) is 23.1 Å². The zero-order chi connectivity index (χ0) is 13.3. The van der Waals surface area contributed by atoms with Crippen LogP contribution < -0.4 is 5.73 Å². The summed E-state index contributed by atoms with van der Waals surface area (Å²) < 4.78 is 5.37. The topological polar surface area (TPSA) is 55.6 Å². The van der Waals surface area contributed by atoms with Crippen LogP contribution >= 0.6 is 0 Å². The molecule has 1 atom stereocenters. The lowest BCUT2D eigenvalue weighted by Crippen LogP contribution is -2.46. The number of rotatable bonds is 0. The van der Waals surface area contributed by atoms with Crippen LogP contribution in [0.1, 0.15) is 38.1 Å². The molecule has 0 aliphatic carbocycles. The SMILES string of the molecule is CC(C)(C)OC(=O)N1CCc2ccccc2C1N. The molecule has 0 spiro atoms. The Hall–Kier alpha value is -1.55. The molecule has 0 bridgehead atoms. The van der Waals surface area contributed by atoms with Gasteiger partial charge in [-0.05, 0) is 38.3 Å². The Morgan fingerprint density at radius 1 is 1.39 bits per heavy atom. The number of carbonyl (C=O) groups excluding carboxylic acids is 1. The van der Waals surface area contributed by atoms with Gasteiger partial charge in [0.15, 0.2) is 0 Å². The van der Waals surface area contributed by atoms with Crippen LogP contribution in [0.3, 0.4) is 0 Å². The second-order valence-corrected chi connectivity index (χ2v) is 5.57. The van der Waals surface area contributed by atoms with Gasteiger partial charge in [-0.1, -0.05) is 24.3 Å². The maximum Gasteiger partial charge on any atom is 0.411 e. The summed E-state index contributed by atoms with van der Waals surface area (Å²) in [5, 5.41) is 0. The molecular formula is C14H20N2O2. The van der Waals surface area contributed by atoms with Gasteiger partial charge in [-0.25, -0.2) is 4.79 Å². The lowest BCUT2D eigenvalue weighted by molar-refractivity contribution is 0.0148. The minimum Gasteiger partial charge on any atom is -0.444 e. The number of nitrogens with two attached hydrogens (primary N) is 1. The van der Waals surface area contributed by atoms with E-state index in [1.54, 1.807) is 4.90 Å². The van der Waals surface area contributed by atoms with Gasteiger partial charge in [0.1, 0.15) is 11.8 Å². The predicted molar refractivity (Wildman–Crippen MR) is 70.0 cm³/mol. The van der Waals surface area contributed by atoms with Gasteiger partial charge < -0.3 is 10.5 Å². The van der Waals surface area contributed by atoms with Crippen LogP contribution in [0.4, 0.5) is 4.79 Å². The van der Waals surface area contributed by atoms with E-state index in [9.17, 15) is 4.79 Å².